The number of halogens is 1. The molecule has 154 valence electrons. The number of esters is 1. The molecule has 1 aliphatic rings. The molecule has 0 saturated carbocycles. The summed E-state index contributed by atoms with van der Waals surface area (Å²) in [6, 6.07) is 13.9. The summed E-state index contributed by atoms with van der Waals surface area (Å²) in [4.78, 5) is 13.6. The highest BCUT2D eigenvalue weighted by Crippen LogP contribution is 2.36. The first-order valence-corrected chi connectivity index (χ1v) is 10.1. The zero-order chi connectivity index (χ0) is 20.6. The Balaban J connectivity index is 1.65. The van der Waals surface area contributed by atoms with E-state index in [1.807, 2.05) is 24.3 Å². The summed E-state index contributed by atoms with van der Waals surface area (Å²) in [5.74, 6) is 0.382. The normalized spacial score (nSPS) is 15.7. The maximum absolute atomic E-state index is 11.3. The lowest BCUT2D eigenvalue weighted by Crippen LogP contribution is -2.34. The topological polar surface area (TPSA) is 59.0 Å². The number of aliphatic hydroxyl groups is 1. The number of aliphatic hydroxyl groups excluding tert-OH is 1. The third-order valence-corrected chi connectivity index (χ3v) is 5.33. The average molecular weight is 416 g/mol. The van der Waals surface area contributed by atoms with Gasteiger partial charge in [0.2, 0.25) is 0 Å². The Bertz CT molecular complexity index is 868. The second-order valence-corrected chi connectivity index (χ2v) is 7.37. The van der Waals surface area contributed by atoms with Gasteiger partial charge >= 0.3 is 5.97 Å². The number of benzene rings is 2. The van der Waals surface area contributed by atoms with Crippen molar-refractivity contribution >= 4 is 23.6 Å². The lowest BCUT2D eigenvalue weighted by molar-refractivity contribution is -0.134. The number of rotatable bonds is 9. The van der Waals surface area contributed by atoms with E-state index in [9.17, 15) is 9.90 Å². The molecule has 1 unspecified atom stereocenters. The third-order valence-electron chi connectivity index (χ3n) is 5.10. The molecule has 0 bridgehead atoms. The number of fused-ring (bicyclic) bond motifs is 1. The maximum Gasteiger partial charge on any atom is 0.330 e. The summed E-state index contributed by atoms with van der Waals surface area (Å²) >= 11 is 6.00. The smallest absolute Gasteiger partial charge is 0.330 e. The summed E-state index contributed by atoms with van der Waals surface area (Å²) in [5.41, 5.74) is 3.53. The molecule has 5 nitrogen and oxygen atoms in total. The van der Waals surface area contributed by atoms with Gasteiger partial charge in [0, 0.05) is 30.2 Å². The van der Waals surface area contributed by atoms with Gasteiger partial charge in [0.1, 0.15) is 12.4 Å². The zero-order valence-corrected chi connectivity index (χ0v) is 17.3. The van der Waals surface area contributed by atoms with E-state index in [-0.39, 0.29) is 18.6 Å². The van der Waals surface area contributed by atoms with Gasteiger partial charge < -0.3 is 14.6 Å². The third kappa shape index (κ3) is 5.82. The van der Waals surface area contributed by atoms with Crippen molar-refractivity contribution in [2.45, 2.75) is 18.9 Å². The highest BCUT2D eigenvalue weighted by molar-refractivity contribution is 6.30. The number of hydrogen-bond donors (Lipinski definition) is 1. The molecule has 2 aromatic carbocycles. The molecule has 0 spiro atoms. The molecule has 0 fully saturated rings. The van der Waals surface area contributed by atoms with Gasteiger partial charge in [0.05, 0.1) is 13.7 Å². The van der Waals surface area contributed by atoms with Crippen LogP contribution in [0.2, 0.25) is 5.02 Å². The van der Waals surface area contributed by atoms with Crippen LogP contribution in [-0.4, -0.2) is 49.4 Å². The van der Waals surface area contributed by atoms with Gasteiger partial charge in [-0.3, -0.25) is 4.90 Å². The fourth-order valence-corrected chi connectivity index (χ4v) is 3.90. The molecule has 1 N–H and O–H groups in total. The summed E-state index contributed by atoms with van der Waals surface area (Å²) in [6.45, 7) is 1.92. The predicted octanol–water partition coefficient (Wildman–Crippen LogP) is 3.89. The van der Waals surface area contributed by atoms with Gasteiger partial charge in [-0.1, -0.05) is 35.9 Å². The van der Waals surface area contributed by atoms with Crippen molar-refractivity contribution in [3.8, 4) is 5.75 Å². The molecule has 1 atom stereocenters. The van der Waals surface area contributed by atoms with Crippen LogP contribution < -0.4 is 4.74 Å². The van der Waals surface area contributed by atoms with Crippen LogP contribution in [0.15, 0.2) is 48.5 Å². The molecule has 0 heterocycles. The minimum atomic E-state index is -0.364. The zero-order valence-electron chi connectivity index (χ0n) is 16.5. The Morgan fingerprint density at radius 2 is 2.14 bits per heavy atom. The SMILES string of the molecule is COC(=O)C=Cc1ccc2c(c1)CCC2N(CCO)CCOc1cccc(Cl)c1. The van der Waals surface area contributed by atoms with Crippen molar-refractivity contribution in [2.24, 2.45) is 0 Å². The largest absolute Gasteiger partial charge is 0.492 e. The number of carbonyl (C=O) groups is 1. The van der Waals surface area contributed by atoms with Crippen LogP contribution >= 0.6 is 11.6 Å². The fraction of sp³-hybridized carbons (Fsp3) is 0.348. The van der Waals surface area contributed by atoms with Crippen molar-refractivity contribution in [1.29, 1.82) is 0 Å². The number of carbonyl (C=O) groups excluding carboxylic acids is 1. The Morgan fingerprint density at radius 3 is 2.90 bits per heavy atom. The summed E-state index contributed by atoms with van der Waals surface area (Å²) in [6.07, 6.45) is 5.16. The van der Waals surface area contributed by atoms with Gasteiger partial charge in [0.25, 0.3) is 0 Å². The Kier molecular flexibility index (Phi) is 7.69. The molecular weight excluding hydrogens is 390 g/mol. The van der Waals surface area contributed by atoms with Crippen molar-refractivity contribution in [3.05, 3.63) is 70.3 Å². The molecule has 0 amide bonds. The van der Waals surface area contributed by atoms with Crippen molar-refractivity contribution in [1.82, 2.24) is 4.90 Å². The van der Waals surface area contributed by atoms with E-state index in [4.69, 9.17) is 16.3 Å². The Hall–Kier alpha value is -2.34. The van der Waals surface area contributed by atoms with E-state index in [2.05, 4.69) is 21.8 Å². The van der Waals surface area contributed by atoms with E-state index in [0.29, 0.717) is 24.7 Å². The Morgan fingerprint density at radius 1 is 1.28 bits per heavy atom. The van der Waals surface area contributed by atoms with Crippen molar-refractivity contribution in [2.75, 3.05) is 33.4 Å². The fourth-order valence-electron chi connectivity index (χ4n) is 3.72. The predicted molar refractivity (Wildman–Crippen MR) is 114 cm³/mol. The molecule has 0 saturated heterocycles. The number of hydrogen-bond acceptors (Lipinski definition) is 5. The van der Waals surface area contributed by atoms with Crippen molar-refractivity contribution < 1.29 is 19.4 Å². The number of nitrogens with zero attached hydrogens (tertiary/aromatic N) is 1. The van der Waals surface area contributed by atoms with Gasteiger partial charge in [-0.2, -0.15) is 0 Å². The number of ether oxygens (including phenoxy) is 2. The van der Waals surface area contributed by atoms with E-state index in [0.717, 1.165) is 24.2 Å². The average Bonchev–Trinajstić information content (AvgIpc) is 3.14. The number of aryl methyl sites for hydroxylation is 1. The van der Waals surface area contributed by atoms with Crippen LogP contribution in [0.25, 0.3) is 6.08 Å². The van der Waals surface area contributed by atoms with Crippen LogP contribution in [0.3, 0.4) is 0 Å². The molecule has 0 radical (unpaired) electrons. The van der Waals surface area contributed by atoms with Crippen molar-refractivity contribution in [3.63, 3.8) is 0 Å². The molecule has 6 heteroatoms. The number of methoxy groups -OCH3 is 1. The lowest BCUT2D eigenvalue weighted by Gasteiger charge is -2.29. The first kappa shape index (κ1) is 21.4. The molecule has 1 aliphatic carbocycles. The Labute approximate surface area is 176 Å². The molecule has 0 aliphatic heterocycles. The molecule has 29 heavy (non-hydrogen) atoms. The van der Waals surface area contributed by atoms with E-state index in [1.54, 1.807) is 12.1 Å². The van der Waals surface area contributed by atoms with Gasteiger partial charge in [-0.25, -0.2) is 4.79 Å². The van der Waals surface area contributed by atoms with E-state index < -0.39 is 0 Å². The van der Waals surface area contributed by atoms with Crippen LogP contribution in [0, 0.1) is 0 Å². The first-order chi connectivity index (χ1) is 14.1. The summed E-state index contributed by atoms with van der Waals surface area (Å²) < 4.78 is 10.5. The van der Waals surface area contributed by atoms with Gasteiger partial charge in [-0.15, -0.1) is 0 Å². The maximum atomic E-state index is 11.3. The monoisotopic (exact) mass is 415 g/mol. The highest BCUT2D eigenvalue weighted by Gasteiger charge is 2.27. The highest BCUT2D eigenvalue weighted by atomic mass is 35.5. The van der Waals surface area contributed by atoms with E-state index in [1.165, 1.54) is 24.3 Å². The second kappa shape index (κ2) is 10.4. The van der Waals surface area contributed by atoms with Crippen LogP contribution in [-0.2, 0) is 16.0 Å². The van der Waals surface area contributed by atoms with Gasteiger partial charge in [0.15, 0.2) is 0 Å². The molecule has 3 rings (SSSR count). The molecule has 2 aromatic rings. The van der Waals surface area contributed by atoms with Gasteiger partial charge in [-0.05, 0) is 53.8 Å². The van der Waals surface area contributed by atoms with Crippen LogP contribution in [0.5, 0.6) is 5.75 Å². The molecular formula is C23H26ClNO4. The minimum absolute atomic E-state index is 0.100. The first-order valence-electron chi connectivity index (χ1n) is 9.73. The quantitative estimate of drug-likeness (QED) is 0.497. The minimum Gasteiger partial charge on any atom is -0.492 e. The van der Waals surface area contributed by atoms with E-state index >= 15 is 0 Å². The summed E-state index contributed by atoms with van der Waals surface area (Å²) in [5, 5.41) is 10.2. The van der Waals surface area contributed by atoms with Crippen LogP contribution in [0.1, 0.15) is 29.2 Å². The molecule has 0 aromatic heterocycles. The second-order valence-electron chi connectivity index (χ2n) is 6.93. The summed E-state index contributed by atoms with van der Waals surface area (Å²) in [7, 11) is 1.37. The standard InChI is InChI=1S/C23H26ClNO4/c1-28-23(27)10-6-17-5-8-21-18(15-17)7-9-22(21)25(11-13-26)12-14-29-20-4-2-3-19(24)16-20/h2-6,8,10,15-16,22,26H,7,9,11-14H2,1H3. The lowest BCUT2D eigenvalue weighted by atomic mass is 10.0. The van der Waals surface area contributed by atoms with Crippen LogP contribution in [0.4, 0.5) is 0 Å².